The van der Waals surface area contributed by atoms with Crippen LogP contribution in [0.4, 0.5) is 11.4 Å². The molecule has 1 aromatic carbocycles. The molecule has 1 fully saturated rings. The fourth-order valence-corrected chi connectivity index (χ4v) is 3.24. The van der Waals surface area contributed by atoms with Gasteiger partial charge in [0.05, 0.1) is 6.42 Å². The predicted octanol–water partition coefficient (Wildman–Crippen LogP) is 2.72. The van der Waals surface area contributed by atoms with Crippen LogP contribution < -0.4 is 10.2 Å². The van der Waals surface area contributed by atoms with Crippen molar-refractivity contribution in [1.29, 1.82) is 0 Å². The summed E-state index contributed by atoms with van der Waals surface area (Å²) in [5.41, 5.74) is 2.81. The second-order valence-electron chi connectivity index (χ2n) is 5.63. The standard InChI is InChI=1S/C16H20N2O2/c1-2-18-14-8-7-13(9-12(14)10-15(18)19)17-16(20)11-5-3-4-6-11/h7-9,11H,2-6,10H2,1H3,(H,17,20). The molecular formula is C16H20N2O2. The molecule has 0 bridgehead atoms. The van der Waals surface area contributed by atoms with E-state index in [-0.39, 0.29) is 17.7 Å². The van der Waals surface area contributed by atoms with Crippen molar-refractivity contribution >= 4 is 23.2 Å². The number of benzene rings is 1. The van der Waals surface area contributed by atoms with Gasteiger partial charge in [0.2, 0.25) is 11.8 Å². The van der Waals surface area contributed by atoms with E-state index in [0.717, 1.165) is 42.6 Å². The molecule has 2 aliphatic rings. The van der Waals surface area contributed by atoms with Crippen molar-refractivity contribution in [1.82, 2.24) is 0 Å². The Bertz CT molecular complexity index is 547. The number of nitrogens with one attached hydrogen (secondary N) is 1. The van der Waals surface area contributed by atoms with Crippen molar-refractivity contribution in [3.05, 3.63) is 23.8 Å². The molecule has 1 N–H and O–H groups in total. The first-order valence-electron chi connectivity index (χ1n) is 7.43. The van der Waals surface area contributed by atoms with E-state index in [4.69, 9.17) is 0 Å². The minimum atomic E-state index is 0.124. The van der Waals surface area contributed by atoms with Crippen LogP contribution in [0.5, 0.6) is 0 Å². The van der Waals surface area contributed by atoms with E-state index in [1.807, 2.05) is 25.1 Å². The van der Waals surface area contributed by atoms with Gasteiger partial charge in [-0.25, -0.2) is 0 Å². The molecule has 4 heteroatoms. The zero-order valence-corrected chi connectivity index (χ0v) is 11.8. The number of nitrogens with zero attached hydrogens (tertiary/aromatic N) is 1. The van der Waals surface area contributed by atoms with Crippen LogP contribution >= 0.6 is 0 Å². The predicted molar refractivity (Wildman–Crippen MR) is 78.8 cm³/mol. The number of carbonyl (C=O) groups is 2. The minimum Gasteiger partial charge on any atom is -0.326 e. The van der Waals surface area contributed by atoms with Crippen LogP contribution in [0, 0.1) is 5.92 Å². The average Bonchev–Trinajstić information content (AvgIpc) is 3.04. The van der Waals surface area contributed by atoms with Crippen molar-refractivity contribution in [3.8, 4) is 0 Å². The number of amides is 2. The largest absolute Gasteiger partial charge is 0.326 e. The van der Waals surface area contributed by atoms with Crippen LogP contribution in [0.2, 0.25) is 0 Å². The van der Waals surface area contributed by atoms with Crippen LogP contribution in [0.1, 0.15) is 38.2 Å². The molecule has 1 aliphatic carbocycles. The van der Waals surface area contributed by atoms with Gasteiger partial charge in [-0.05, 0) is 43.5 Å². The molecule has 1 heterocycles. The summed E-state index contributed by atoms with van der Waals surface area (Å²) in [4.78, 5) is 25.7. The first-order valence-corrected chi connectivity index (χ1v) is 7.43. The molecule has 1 aromatic rings. The second kappa shape index (κ2) is 5.27. The monoisotopic (exact) mass is 272 g/mol. The van der Waals surface area contributed by atoms with Gasteiger partial charge in [0.25, 0.3) is 0 Å². The summed E-state index contributed by atoms with van der Waals surface area (Å²) in [5, 5.41) is 2.99. The molecular weight excluding hydrogens is 252 g/mol. The molecule has 1 saturated carbocycles. The quantitative estimate of drug-likeness (QED) is 0.919. The lowest BCUT2D eigenvalue weighted by atomic mass is 10.1. The van der Waals surface area contributed by atoms with E-state index >= 15 is 0 Å². The highest BCUT2D eigenvalue weighted by atomic mass is 16.2. The van der Waals surface area contributed by atoms with Crippen molar-refractivity contribution in [2.45, 2.75) is 39.0 Å². The minimum absolute atomic E-state index is 0.124. The SMILES string of the molecule is CCN1C(=O)Cc2cc(NC(=O)C3CCCC3)ccc21. The molecule has 0 atom stereocenters. The third-order valence-corrected chi connectivity index (χ3v) is 4.32. The van der Waals surface area contributed by atoms with Gasteiger partial charge >= 0.3 is 0 Å². The van der Waals surface area contributed by atoms with Gasteiger partial charge in [-0.15, -0.1) is 0 Å². The molecule has 106 valence electrons. The van der Waals surface area contributed by atoms with E-state index in [0.29, 0.717) is 13.0 Å². The molecule has 20 heavy (non-hydrogen) atoms. The number of carbonyl (C=O) groups excluding carboxylic acids is 2. The third kappa shape index (κ3) is 2.30. The molecule has 0 aromatic heterocycles. The third-order valence-electron chi connectivity index (χ3n) is 4.32. The highest BCUT2D eigenvalue weighted by molar-refractivity contribution is 6.02. The maximum Gasteiger partial charge on any atom is 0.231 e. The van der Waals surface area contributed by atoms with E-state index < -0.39 is 0 Å². The Morgan fingerprint density at radius 3 is 2.80 bits per heavy atom. The van der Waals surface area contributed by atoms with E-state index in [1.165, 1.54) is 0 Å². The molecule has 2 amide bonds. The fraction of sp³-hybridized carbons (Fsp3) is 0.500. The summed E-state index contributed by atoms with van der Waals surface area (Å²) >= 11 is 0. The van der Waals surface area contributed by atoms with Crippen LogP contribution in [-0.4, -0.2) is 18.4 Å². The molecule has 1 aliphatic heterocycles. The Morgan fingerprint density at radius 2 is 2.10 bits per heavy atom. The highest BCUT2D eigenvalue weighted by Gasteiger charge is 2.27. The summed E-state index contributed by atoms with van der Waals surface area (Å²) in [5.74, 6) is 0.429. The lowest BCUT2D eigenvalue weighted by molar-refractivity contribution is -0.119. The Kier molecular flexibility index (Phi) is 3.47. The summed E-state index contributed by atoms with van der Waals surface area (Å²) in [6.07, 6.45) is 4.75. The second-order valence-corrected chi connectivity index (χ2v) is 5.63. The van der Waals surface area contributed by atoms with Gasteiger partial charge in [0.1, 0.15) is 0 Å². The number of likely N-dealkylation sites (N-methyl/N-ethyl adjacent to an activating group) is 1. The molecule has 3 rings (SSSR count). The van der Waals surface area contributed by atoms with Crippen LogP contribution in [0.15, 0.2) is 18.2 Å². The Labute approximate surface area is 119 Å². The topological polar surface area (TPSA) is 49.4 Å². The molecule has 0 unspecified atom stereocenters. The number of hydrogen-bond donors (Lipinski definition) is 1. The Balaban J connectivity index is 1.75. The zero-order valence-electron chi connectivity index (χ0n) is 11.8. The summed E-state index contributed by atoms with van der Waals surface area (Å²) in [6, 6.07) is 5.77. The van der Waals surface area contributed by atoms with Gasteiger partial charge in [0, 0.05) is 23.8 Å². The molecule has 4 nitrogen and oxygen atoms in total. The number of fused-ring (bicyclic) bond motifs is 1. The van der Waals surface area contributed by atoms with Gasteiger partial charge in [-0.2, -0.15) is 0 Å². The molecule has 0 spiro atoms. The number of anilines is 2. The van der Waals surface area contributed by atoms with Crippen LogP contribution in [0.3, 0.4) is 0 Å². The summed E-state index contributed by atoms with van der Waals surface area (Å²) < 4.78 is 0. The summed E-state index contributed by atoms with van der Waals surface area (Å²) in [7, 11) is 0. The number of hydrogen-bond acceptors (Lipinski definition) is 2. The maximum atomic E-state index is 12.1. The zero-order chi connectivity index (χ0) is 14.1. The van der Waals surface area contributed by atoms with Crippen LogP contribution in [0.25, 0.3) is 0 Å². The van der Waals surface area contributed by atoms with Crippen molar-refractivity contribution in [2.75, 3.05) is 16.8 Å². The Hall–Kier alpha value is -1.84. The van der Waals surface area contributed by atoms with E-state index in [9.17, 15) is 9.59 Å². The maximum absolute atomic E-state index is 12.1. The first-order chi connectivity index (χ1) is 9.69. The Morgan fingerprint density at radius 1 is 1.35 bits per heavy atom. The highest BCUT2D eigenvalue weighted by Crippen LogP contribution is 2.32. The van der Waals surface area contributed by atoms with Crippen molar-refractivity contribution < 1.29 is 9.59 Å². The molecule has 0 saturated heterocycles. The lowest BCUT2D eigenvalue weighted by Gasteiger charge is -2.15. The molecule has 0 radical (unpaired) electrons. The number of rotatable bonds is 3. The van der Waals surface area contributed by atoms with Crippen molar-refractivity contribution in [2.24, 2.45) is 5.92 Å². The summed E-state index contributed by atoms with van der Waals surface area (Å²) in [6.45, 7) is 2.67. The lowest BCUT2D eigenvalue weighted by Crippen LogP contribution is -2.25. The van der Waals surface area contributed by atoms with Gasteiger partial charge in [-0.1, -0.05) is 12.8 Å². The van der Waals surface area contributed by atoms with Crippen LogP contribution in [-0.2, 0) is 16.0 Å². The first kappa shape index (κ1) is 13.2. The van der Waals surface area contributed by atoms with Crippen molar-refractivity contribution in [3.63, 3.8) is 0 Å². The van der Waals surface area contributed by atoms with Gasteiger partial charge in [-0.3, -0.25) is 9.59 Å². The van der Waals surface area contributed by atoms with Gasteiger partial charge < -0.3 is 10.2 Å². The average molecular weight is 272 g/mol. The normalized spacial score (nSPS) is 18.4. The van der Waals surface area contributed by atoms with E-state index in [1.54, 1.807) is 4.90 Å². The van der Waals surface area contributed by atoms with E-state index in [2.05, 4.69) is 5.32 Å². The van der Waals surface area contributed by atoms with Gasteiger partial charge in [0.15, 0.2) is 0 Å². The smallest absolute Gasteiger partial charge is 0.231 e. The fourth-order valence-electron chi connectivity index (χ4n) is 3.24.